The van der Waals surface area contributed by atoms with Crippen molar-refractivity contribution in [3.05, 3.63) is 0 Å². The molecule has 0 aromatic heterocycles. The summed E-state index contributed by atoms with van der Waals surface area (Å²) in [5.74, 6) is 0.318. The summed E-state index contributed by atoms with van der Waals surface area (Å²) in [6, 6.07) is 0.595. The molecule has 3 fully saturated rings. The predicted molar refractivity (Wildman–Crippen MR) is 77.0 cm³/mol. The molecular weight excluding hydrogens is 236 g/mol. The highest BCUT2D eigenvalue weighted by Gasteiger charge is 2.37. The highest BCUT2D eigenvalue weighted by atomic mass is 16.2. The van der Waals surface area contributed by atoms with E-state index in [-0.39, 0.29) is 0 Å². The van der Waals surface area contributed by atoms with Crippen molar-refractivity contribution in [2.45, 2.75) is 70.3 Å². The number of hydrogen-bond acceptors (Lipinski definition) is 2. The van der Waals surface area contributed by atoms with Crippen molar-refractivity contribution < 1.29 is 4.79 Å². The van der Waals surface area contributed by atoms with E-state index in [4.69, 9.17) is 0 Å². The number of nitrogens with zero attached hydrogens (tertiary/aromatic N) is 1. The highest BCUT2D eigenvalue weighted by Crippen LogP contribution is 2.48. The highest BCUT2D eigenvalue weighted by molar-refractivity contribution is 5.78. The fourth-order valence-corrected chi connectivity index (χ4v) is 4.37. The first-order valence-corrected chi connectivity index (χ1v) is 8.29. The normalized spacial score (nSPS) is 27.3. The maximum absolute atomic E-state index is 12.0. The van der Waals surface area contributed by atoms with Gasteiger partial charge in [-0.1, -0.05) is 12.8 Å². The number of amides is 1. The zero-order valence-corrected chi connectivity index (χ0v) is 12.1. The van der Waals surface area contributed by atoms with Gasteiger partial charge in [0.2, 0.25) is 5.91 Å². The molecule has 3 aliphatic rings. The van der Waals surface area contributed by atoms with Gasteiger partial charge in [-0.3, -0.25) is 4.79 Å². The van der Waals surface area contributed by atoms with Gasteiger partial charge in [0.15, 0.2) is 0 Å². The van der Waals surface area contributed by atoms with E-state index in [1.165, 1.54) is 64.2 Å². The summed E-state index contributed by atoms with van der Waals surface area (Å²) in [5, 5.41) is 3.51. The molecule has 108 valence electrons. The molecular formula is C16H28N2O. The van der Waals surface area contributed by atoms with Crippen LogP contribution in [0.5, 0.6) is 0 Å². The molecule has 3 heteroatoms. The summed E-state index contributed by atoms with van der Waals surface area (Å²) in [6.07, 6.45) is 13.6. The van der Waals surface area contributed by atoms with Crippen LogP contribution >= 0.6 is 0 Å². The molecule has 1 aliphatic heterocycles. The van der Waals surface area contributed by atoms with Crippen molar-refractivity contribution in [1.82, 2.24) is 10.2 Å². The van der Waals surface area contributed by atoms with Gasteiger partial charge < -0.3 is 10.2 Å². The molecule has 3 nitrogen and oxygen atoms in total. The number of hydrogen-bond donors (Lipinski definition) is 1. The molecule has 2 aliphatic carbocycles. The third-order valence-electron chi connectivity index (χ3n) is 5.71. The van der Waals surface area contributed by atoms with Crippen LogP contribution in [-0.2, 0) is 4.79 Å². The second kappa shape index (κ2) is 5.82. The molecule has 0 unspecified atom stereocenters. The van der Waals surface area contributed by atoms with Crippen molar-refractivity contribution >= 4 is 5.91 Å². The van der Waals surface area contributed by atoms with E-state index in [1.54, 1.807) is 0 Å². The van der Waals surface area contributed by atoms with E-state index in [0.717, 1.165) is 13.1 Å². The second-order valence-corrected chi connectivity index (χ2v) is 6.95. The van der Waals surface area contributed by atoms with Crippen molar-refractivity contribution in [2.75, 3.05) is 19.6 Å². The maximum atomic E-state index is 12.0. The average Bonchev–Trinajstić information content (AvgIpc) is 3.09. The zero-order chi connectivity index (χ0) is 13.1. The Morgan fingerprint density at radius 2 is 1.63 bits per heavy atom. The molecule has 0 atom stereocenters. The van der Waals surface area contributed by atoms with Gasteiger partial charge in [-0.2, -0.15) is 0 Å². The average molecular weight is 264 g/mol. The van der Waals surface area contributed by atoms with Gasteiger partial charge in [-0.25, -0.2) is 0 Å². The van der Waals surface area contributed by atoms with Gasteiger partial charge in [0.1, 0.15) is 0 Å². The first kappa shape index (κ1) is 13.4. The van der Waals surface area contributed by atoms with E-state index in [9.17, 15) is 4.79 Å². The van der Waals surface area contributed by atoms with E-state index in [0.29, 0.717) is 23.9 Å². The van der Waals surface area contributed by atoms with E-state index >= 15 is 0 Å². The van der Waals surface area contributed by atoms with Crippen LogP contribution < -0.4 is 5.32 Å². The van der Waals surface area contributed by atoms with E-state index in [2.05, 4.69) is 5.32 Å². The van der Waals surface area contributed by atoms with Crippen LogP contribution in [0.3, 0.4) is 0 Å². The van der Waals surface area contributed by atoms with E-state index < -0.39 is 0 Å². The lowest BCUT2D eigenvalue weighted by molar-refractivity contribution is -0.129. The number of likely N-dealkylation sites (tertiary alicyclic amines) is 1. The van der Waals surface area contributed by atoms with Crippen molar-refractivity contribution in [3.63, 3.8) is 0 Å². The maximum Gasteiger partial charge on any atom is 0.236 e. The number of carbonyl (C=O) groups is 1. The molecule has 1 spiro atoms. The second-order valence-electron chi connectivity index (χ2n) is 6.95. The molecule has 1 amide bonds. The quantitative estimate of drug-likeness (QED) is 0.850. The minimum atomic E-state index is 0.318. The smallest absolute Gasteiger partial charge is 0.236 e. The molecule has 0 bridgehead atoms. The summed E-state index contributed by atoms with van der Waals surface area (Å²) >= 11 is 0. The zero-order valence-electron chi connectivity index (χ0n) is 12.1. The van der Waals surface area contributed by atoms with Gasteiger partial charge in [-0.15, -0.1) is 0 Å². The number of rotatable bonds is 3. The van der Waals surface area contributed by atoms with Gasteiger partial charge in [0.05, 0.1) is 6.54 Å². The summed E-state index contributed by atoms with van der Waals surface area (Å²) in [4.78, 5) is 14.0. The summed E-state index contributed by atoms with van der Waals surface area (Å²) in [7, 11) is 0. The van der Waals surface area contributed by atoms with Gasteiger partial charge >= 0.3 is 0 Å². The largest absolute Gasteiger partial charge is 0.342 e. The minimum absolute atomic E-state index is 0.318. The SMILES string of the molecule is O=C(CNC1CCC2(CCCC2)CC1)N1CCCC1. The predicted octanol–water partition coefficient (Wildman–Crippen LogP) is 2.70. The van der Waals surface area contributed by atoms with Gasteiger partial charge in [0.25, 0.3) is 0 Å². The Hall–Kier alpha value is -0.570. The van der Waals surface area contributed by atoms with Crippen LogP contribution in [0.1, 0.15) is 64.2 Å². The minimum Gasteiger partial charge on any atom is -0.342 e. The number of carbonyl (C=O) groups excluding carboxylic acids is 1. The molecule has 0 aromatic carbocycles. The van der Waals surface area contributed by atoms with Crippen LogP contribution in [0.2, 0.25) is 0 Å². The van der Waals surface area contributed by atoms with Crippen LogP contribution in [-0.4, -0.2) is 36.5 Å². The fourth-order valence-electron chi connectivity index (χ4n) is 4.37. The van der Waals surface area contributed by atoms with E-state index in [1.807, 2.05) is 4.90 Å². The first-order valence-electron chi connectivity index (χ1n) is 8.29. The Morgan fingerprint density at radius 3 is 2.26 bits per heavy atom. The summed E-state index contributed by atoms with van der Waals surface area (Å²) < 4.78 is 0. The Kier molecular flexibility index (Phi) is 4.11. The van der Waals surface area contributed by atoms with Gasteiger partial charge in [0, 0.05) is 19.1 Å². The molecule has 2 saturated carbocycles. The molecule has 0 aromatic rings. The Labute approximate surface area is 117 Å². The lowest BCUT2D eigenvalue weighted by Gasteiger charge is -2.37. The standard InChI is InChI=1S/C16H28N2O/c19-15(18-11-3-4-12-18)13-17-14-5-9-16(10-6-14)7-1-2-8-16/h14,17H,1-13H2. The molecule has 1 N–H and O–H groups in total. The van der Waals surface area contributed by atoms with Crippen molar-refractivity contribution in [2.24, 2.45) is 5.41 Å². The Balaban J connectivity index is 1.38. The lowest BCUT2D eigenvalue weighted by Crippen LogP contribution is -2.43. The first-order chi connectivity index (χ1) is 9.27. The topological polar surface area (TPSA) is 32.3 Å². The molecule has 1 heterocycles. The lowest BCUT2D eigenvalue weighted by atomic mass is 9.71. The van der Waals surface area contributed by atoms with Crippen LogP contribution in [0, 0.1) is 5.41 Å². The molecule has 1 saturated heterocycles. The van der Waals surface area contributed by atoms with Crippen molar-refractivity contribution in [1.29, 1.82) is 0 Å². The monoisotopic (exact) mass is 264 g/mol. The summed E-state index contributed by atoms with van der Waals surface area (Å²) in [5.41, 5.74) is 0.705. The van der Waals surface area contributed by atoms with Crippen molar-refractivity contribution in [3.8, 4) is 0 Å². The molecule has 0 radical (unpaired) electrons. The Morgan fingerprint density at radius 1 is 1.00 bits per heavy atom. The van der Waals surface area contributed by atoms with Gasteiger partial charge in [-0.05, 0) is 56.8 Å². The third kappa shape index (κ3) is 3.13. The third-order valence-corrected chi connectivity index (χ3v) is 5.71. The number of nitrogens with one attached hydrogen (secondary N) is 1. The molecule has 19 heavy (non-hydrogen) atoms. The van der Waals surface area contributed by atoms with Crippen LogP contribution in [0.15, 0.2) is 0 Å². The molecule has 3 rings (SSSR count). The fraction of sp³-hybridized carbons (Fsp3) is 0.938. The van der Waals surface area contributed by atoms with Crippen LogP contribution in [0.25, 0.3) is 0 Å². The summed E-state index contributed by atoms with van der Waals surface area (Å²) in [6.45, 7) is 2.53. The van der Waals surface area contributed by atoms with Crippen LogP contribution in [0.4, 0.5) is 0 Å². The Bertz CT molecular complexity index is 307.